The van der Waals surface area contributed by atoms with E-state index in [1.165, 1.54) is 0 Å². The van der Waals surface area contributed by atoms with Gasteiger partial charge in [-0.1, -0.05) is 20.8 Å². The Labute approximate surface area is 70.1 Å². The minimum Gasteiger partial charge on any atom is -0.381 e. The zero-order valence-electron chi connectivity index (χ0n) is 8.02. The number of rotatable bonds is 1. The summed E-state index contributed by atoms with van der Waals surface area (Å²) in [5.74, 6) is 0. The molecule has 1 aliphatic rings. The summed E-state index contributed by atoms with van der Waals surface area (Å²) in [6, 6.07) is 0. The molecule has 0 saturated carbocycles. The summed E-state index contributed by atoms with van der Waals surface area (Å²) < 4.78 is 5.21. The molecule has 0 aromatic rings. The van der Waals surface area contributed by atoms with Crippen molar-refractivity contribution in [2.75, 3.05) is 19.8 Å². The van der Waals surface area contributed by atoms with Gasteiger partial charge in [-0.05, 0) is 24.8 Å². The van der Waals surface area contributed by atoms with Crippen molar-refractivity contribution in [2.24, 2.45) is 11.1 Å². The molecule has 68 valence electrons. The average Bonchev–Trinajstić information content (AvgIpc) is 2.10. The topological polar surface area (TPSA) is 35.2 Å². The van der Waals surface area contributed by atoms with Gasteiger partial charge >= 0.3 is 0 Å². The van der Waals surface area contributed by atoms with Crippen molar-refractivity contribution in [3.05, 3.63) is 0 Å². The van der Waals surface area contributed by atoms with Crippen LogP contribution >= 0.6 is 0 Å². The van der Waals surface area contributed by atoms with Crippen LogP contribution in [0.2, 0.25) is 0 Å². The summed E-state index contributed by atoms with van der Waals surface area (Å²) in [7, 11) is 0. The normalized spacial score (nSPS) is 21.8. The van der Waals surface area contributed by atoms with E-state index in [1.807, 2.05) is 13.8 Å². The van der Waals surface area contributed by atoms with Crippen LogP contribution in [0.25, 0.3) is 0 Å². The van der Waals surface area contributed by atoms with Crippen LogP contribution in [0.3, 0.4) is 0 Å². The Morgan fingerprint density at radius 1 is 1.27 bits per heavy atom. The fourth-order valence-corrected chi connectivity index (χ4v) is 1.07. The summed E-state index contributed by atoms with van der Waals surface area (Å²) in [5.41, 5.74) is 5.96. The molecule has 0 bridgehead atoms. The van der Waals surface area contributed by atoms with Crippen molar-refractivity contribution in [3.8, 4) is 0 Å². The lowest BCUT2D eigenvalue weighted by Gasteiger charge is -2.31. The molecule has 0 radical (unpaired) electrons. The largest absolute Gasteiger partial charge is 0.381 e. The standard InChI is InChI=1S/C7H15NO.C2H6/c1-7(6-8)2-4-9-5-3-7;1-2/h2-6,8H2,1H3;1-2H3. The van der Waals surface area contributed by atoms with Gasteiger partial charge in [0, 0.05) is 13.2 Å². The van der Waals surface area contributed by atoms with Crippen LogP contribution in [0.15, 0.2) is 0 Å². The van der Waals surface area contributed by atoms with Gasteiger partial charge in [-0.25, -0.2) is 0 Å². The molecule has 1 rings (SSSR count). The summed E-state index contributed by atoms with van der Waals surface area (Å²) in [6.45, 7) is 8.83. The number of hydrogen-bond donors (Lipinski definition) is 1. The van der Waals surface area contributed by atoms with Gasteiger partial charge in [-0.15, -0.1) is 0 Å². The van der Waals surface area contributed by atoms with Gasteiger partial charge in [-0.3, -0.25) is 0 Å². The maximum absolute atomic E-state index is 5.58. The molecular formula is C9H21NO. The minimum absolute atomic E-state index is 0.373. The molecule has 0 spiro atoms. The second-order valence-corrected chi connectivity index (χ2v) is 3.13. The molecule has 1 aliphatic heterocycles. The van der Waals surface area contributed by atoms with Crippen LogP contribution in [0.5, 0.6) is 0 Å². The van der Waals surface area contributed by atoms with E-state index in [4.69, 9.17) is 10.5 Å². The van der Waals surface area contributed by atoms with E-state index >= 15 is 0 Å². The first kappa shape index (κ1) is 10.9. The van der Waals surface area contributed by atoms with Crippen molar-refractivity contribution in [2.45, 2.75) is 33.6 Å². The molecule has 1 fully saturated rings. The zero-order valence-corrected chi connectivity index (χ0v) is 8.02. The van der Waals surface area contributed by atoms with Crippen molar-refractivity contribution in [1.29, 1.82) is 0 Å². The molecule has 0 amide bonds. The Morgan fingerprint density at radius 2 is 1.73 bits per heavy atom. The van der Waals surface area contributed by atoms with Crippen molar-refractivity contribution >= 4 is 0 Å². The molecule has 0 aromatic carbocycles. The van der Waals surface area contributed by atoms with Gasteiger partial charge in [0.15, 0.2) is 0 Å². The molecule has 0 atom stereocenters. The van der Waals surface area contributed by atoms with Gasteiger partial charge in [0.2, 0.25) is 0 Å². The van der Waals surface area contributed by atoms with Crippen LogP contribution in [0, 0.1) is 5.41 Å². The third kappa shape index (κ3) is 3.73. The third-order valence-corrected chi connectivity index (χ3v) is 2.19. The lowest BCUT2D eigenvalue weighted by atomic mass is 9.83. The van der Waals surface area contributed by atoms with Crippen LogP contribution in [-0.2, 0) is 4.74 Å². The minimum atomic E-state index is 0.373. The van der Waals surface area contributed by atoms with Crippen LogP contribution in [-0.4, -0.2) is 19.8 Å². The first-order valence-electron chi connectivity index (χ1n) is 4.55. The lowest BCUT2D eigenvalue weighted by molar-refractivity contribution is 0.0281. The smallest absolute Gasteiger partial charge is 0.0471 e. The predicted molar refractivity (Wildman–Crippen MR) is 48.6 cm³/mol. The average molecular weight is 159 g/mol. The molecule has 2 N–H and O–H groups in total. The SMILES string of the molecule is CC.CC1(CN)CCOCC1. The van der Waals surface area contributed by atoms with E-state index in [0.29, 0.717) is 5.41 Å². The molecule has 0 aromatic heterocycles. The zero-order chi connectivity index (χ0) is 8.74. The van der Waals surface area contributed by atoms with Crippen LogP contribution in [0.4, 0.5) is 0 Å². The third-order valence-electron chi connectivity index (χ3n) is 2.19. The maximum Gasteiger partial charge on any atom is 0.0471 e. The van der Waals surface area contributed by atoms with Gasteiger partial charge in [0.05, 0.1) is 0 Å². The quantitative estimate of drug-likeness (QED) is 0.633. The molecule has 1 saturated heterocycles. The predicted octanol–water partition coefficient (Wildman–Crippen LogP) is 1.79. The highest BCUT2D eigenvalue weighted by Crippen LogP contribution is 2.27. The molecule has 11 heavy (non-hydrogen) atoms. The second-order valence-electron chi connectivity index (χ2n) is 3.13. The van der Waals surface area contributed by atoms with Crippen LogP contribution in [0.1, 0.15) is 33.6 Å². The maximum atomic E-state index is 5.58. The van der Waals surface area contributed by atoms with Crippen molar-refractivity contribution < 1.29 is 4.74 Å². The highest BCUT2D eigenvalue weighted by Gasteiger charge is 2.24. The molecule has 0 unspecified atom stereocenters. The van der Waals surface area contributed by atoms with Gasteiger partial charge in [0.1, 0.15) is 0 Å². The summed E-state index contributed by atoms with van der Waals surface area (Å²) >= 11 is 0. The fourth-order valence-electron chi connectivity index (χ4n) is 1.07. The number of ether oxygens (including phenoxy) is 1. The monoisotopic (exact) mass is 159 g/mol. The Kier molecular flexibility index (Phi) is 5.51. The lowest BCUT2D eigenvalue weighted by Crippen LogP contribution is -2.33. The Hall–Kier alpha value is -0.0800. The van der Waals surface area contributed by atoms with Crippen molar-refractivity contribution in [1.82, 2.24) is 0 Å². The number of nitrogens with two attached hydrogens (primary N) is 1. The molecular weight excluding hydrogens is 138 g/mol. The first-order chi connectivity index (χ1) is 5.27. The second kappa shape index (κ2) is 5.56. The summed E-state index contributed by atoms with van der Waals surface area (Å²) in [4.78, 5) is 0. The van der Waals surface area contributed by atoms with Gasteiger partial charge in [0.25, 0.3) is 0 Å². The van der Waals surface area contributed by atoms with Crippen molar-refractivity contribution in [3.63, 3.8) is 0 Å². The van der Waals surface area contributed by atoms with E-state index in [9.17, 15) is 0 Å². The van der Waals surface area contributed by atoms with E-state index in [-0.39, 0.29) is 0 Å². The fraction of sp³-hybridized carbons (Fsp3) is 1.00. The molecule has 2 nitrogen and oxygen atoms in total. The van der Waals surface area contributed by atoms with E-state index in [2.05, 4.69) is 6.92 Å². The summed E-state index contributed by atoms with van der Waals surface area (Å²) in [6.07, 6.45) is 2.26. The summed E-state index contributed by atoms with van der Waals surface area (Å²) in [5, 5.41) is 0. The highest BCUT2D eigenvalue weighted by atomic mass is 16.5. The van der Waals surface area contributed by atoms with E-state index < -0.39 is 0 Å². The van der Waals surface area contributed by atoms with Crippen LogP contribution < -0.4 is 5.73 Å². The van der Waals surface area contributed by atoms with Gasteiger partial charge in [-0.2, -0.15) is 0 Å². The molecule has 2 heteroatoms. The first-order valence-corrected chi connectivity index (χ1v) is 4.55. The molecule has 1 heterocycles. The Morgan fingerprint density at radius 3 is 2.00 bits per heavy atom. The van der Waals surface area contributed by atoms with Gasteiger partial charge < -0.3 is 10.5 Å². The number of hydrogen-bond acceptors (Lipinski definition) is 2. The van der Waals surface area contributed by atoms with E-state index in [0.717, 1.165) is 32.6 Å². The van der Waals surface area contributed by atoms with E-state index in [1.54, 1.807) is 0 Å². The molecule has 0 aliphatic carbocycles. The highest BCUT2D eigenvalue weighted by molar-refractivity contribution is 4.77. The Bertz CT molecular complexity index is 87.6. The Balaban J connectivity index is 0.000000461.